The van der Waals surface area contributed by atoms with Gasteiger partial charge in [-0.2, -0.15) is 4.31 Å². The Morgan fingerprint density at radius 3 is 2.45 bits per heavy atom. The van der Waals surface area contributed by atoms with E-state index in [0.717, 1.165) is 18.4 Å². The zero-order valence-electron chi connectivity index (χ0n) is 16.9. The molecule has 1 atom stereocenters. The van der Waals surface area contributed by atoms with Crippen LogP contribution in [0.1, 0.15) is 50.5 Å². The zero-order chi connectivity index (χ0) is 20.9. The van der Waals surface area contributed by atoms with Crippen molar-refractivity contribution in [1.29, 1.82) is 0 Å². The quantitative estimate of drug-likeness (QED) is 0.681. The first-order valence-corrected chi connectivity index (χ1v) is 11.8. The van der Waals surface area contributed by atoms with Gasteiger partial charge in [0.25, 0.3) is 5.91 Å². The molecule has 1 aliphatic heterocycles. The first-order valence-electron chi connectivity index (χ1n) is 10.4. The maximum Gasteiger partial charge on any atom is 0.324 e. The topological polar surface area (TPSA) is 92.8 Å². The van der Waals surface area contributed by atoms with Gasteiger partial charge in [0.2, 0.25) is 10.0 Å². The van der Waals surface area contributed by atoms with E-state index in [1.807, 2.05) is 6.92 Å². The third-order valence-corrected chi connectivity index (χ3v) is 7.68. The van der Waals surface area contributed by atoms with Crippen LogP contribution >= 0.6 is 0 Å². The number of amides is 1. The van der Waals surface area contributed by atoms with Gasteiger partial charge in [-0.05, 0) is 50.7 Å². The zero-order valence-corrected chi connectivity index (χ0v) is 17.7. The van der Waals surface area contributed by atoms with Crippen molar-refractivity contribution >= 4 is 21.9 Å². The van der Waals surface area contributed by atoms with Crippen molar-refractivity contribution in [2.24, 2.45) is 5.92 Å². The Labute approximate surface area is 172 Å². The summed E-state index contributed by atoms with van der Waals surface area (Å²) >= 11 is 0. The Hall–Kier alpha value is -1.93. The molecule has 0 aromatic heterocycles. The lowest BCUT2D eigenvalue weighted by Gasteiger charge is -2.23. The average molecular weight is 423 g/mol. The number of hydrogen-bond donors (Lipinski definition) is 1. The number of carbonyl (C=O) groups is 2. The molecule has 29 heavy (non-hydrogen) atoms. The fourth-order valence-electron chi connectivity index (χ4n) is 4.04. The van der Waals surface area contributed by atoms with E-state index < -0.39 is 22.0 Å². The number of carbonyl (C=O) groups excluding carboxylic acids is 2. The van der Waals surface area contributed by atoms with E-state index in [4.69, 9.17) is 4.74 Å². The molecule has 2 aliphatic rings. The van der Waals surface area contributed by atoms with Gasteiger partial charge >= 0.3 is 5.97 Å². The number of nitrogens with zero attached hydrogens (tertiary/aromatic N) is 1. The molecule has 1 N–H and O–H groups in total. The molecule has 0 bridgehead atoms. The number of hydrogen-bond acceptors (Lipinski definition) is 5. The molecule has 3 rings (SSSR count). The second-order valence-electron chi connectivity index (χ2n) is 8.00. The maximum atomic E-state index is 12.9. The summed E-state index contributed by atoms with van der Waals surface area (Å²) in [7, 11) is -3.78. The van der Waals surface area contributed by atoms with Crippen LogP contribution in [0.15, 0.2) is 29.2 Å². The lowest BCUT2D eigenvalue weighted by molar-refractivity contribution is -0.151. The van der Waals surface area contributed by atoms with Crippen LogP contribution in [0.2, 0.25) is 0 Å². The Kier molecular flexibility index (Phi) is 7.29. The summed E-state index contributed by atoms with van der Waals surface area (Å²) < 4.78 is 32.2. The molecular formula is C21H30N2O5S. The van der Waals surface area contributed by atoms with E-state index in [1.165, 1.54) is 23.6 Å². The Balaban J connectivity index is 1.52. The number of rotatable bonds is 7. The van der Waals surface area contributed by atoms with Crippen LogP contribution in [0.3, 0.4) is 0 Å². The van der Waals surface area contributed by atoms with Crippen LogP contribution in [-0.4, -0.2) is 50.3 Å². The number of esters is 1. The summed E-state index contributed by atoms with van der Waals surface area (Å²) in [6.45, 7) is 2.38. The van der Waals surface area contributed by atoms with E-state index in [1.54, 1.807) is 24.3 Å². The first-order chi connectivity index (χ1) is 13.9. The highest BCUT2D eigenvalue weighted by molar-refractivity contribution is 7.89. The second kappa shape index (κ2) is 9.71. The van der Waals surface area contributed by atoms with E-state index >= 15 is 0 Å². The van der Waals surface area contributed by atoms with Gasteiger partial charge in [-0.1, -0.05) is 37.0 Å². The molecule has 1 aromatic rings. The number of nitrogens with one attached hydrogen (secondary N) is 1. The molecular weight excluding hydrogens is 392 g/mol. The number of benzene rings is 1. The number of aryl methyl sites for hydroxylation is 1. The van der Waals surface area contributed by atoms with Crippen LogP contribution in [0.4, 0.5) is 0 Å². The second-order valence-corrected chi connectivity index (χ2v) is 9.89. The molecule has 1 aromatic carbocycles. The number of sulfonamides is 1. The van der Waals surface area contributed by atoms with Crippen molar-refractivity contribution in [2.75, 3.05) is 19.7 Å². The third-order valence-electron chi connectivity index (χ3n) is 5.76. The van der Waals surface area contributed by atoms with Gasteiger partial charge in [0, 0.05) is 13.1 Å². The predicted molar refractivity (Wildman–Crippen MR) is 109 cm³/mol. The molecule has 1 saturated heterocycles. The minimum absolute atomic E-state index is 0.160. The molecule has 2 fully saturated rings. The van der Waals surface area contributed by atoms with Gasteiger partial charge in [-0.15, -0.1) is 0 Å². The van der Waals surface area contributed by atoms with Crippen LogP contribution in [-0.2, 0) is 24.3 Å². The van der Waals surface area contributed by atoms with E-state index in [-0.39, 0.29) is 24.0 Å². The molecule has 1 heterocycles. The van der Waals surface area contributed by atoms with Crippen LogP contribution in [0.25, 0.3) is 0 Å². The third kappa shape index (κ3) is 5.57. The summed E-state index contributed by atoms with van der Waals surface area (Å²) in [5.41, 5.74) is 0.959. The lowest BCUT2D eigenvalue weighted by atomic mass is 9.89. The van der Waals surface area contributed by atoms with E-state index in [9.17, 15) is 18.0 Å². The smallest absolute Gasteiger partial charge is 0.324 e. The first kappa shape index (κ1) is 21.8. The Bertz CT molecular complexity index is 816. The fraction of sp³-hybridized carbons (Fsp3) is 0.619. The molecule has 0 spiro atoms. The molecule has 1 unspecified atom stereocenters. The number of ether oxygens (including phenoxy) is 1. The highest BCUT2D eigenvalue weighted by atomic mass is 32.2. The summed E-state index contributed by atoms with van der Waals surface area (Å²) in [4.78, 5) is 24.7. The van der Waals surface area contributed by atoms with Gasteiger partial charge in [0.15, 0.2) is 6.61 Å². The molecule has 1 aliphatic carbocycles. The van der Waals surface area contributed by atoms with Crippen molar-refractivity contribution in [2.45, 2.75) is 62.8 Å². The largest absolute Gasteiger partial charge is 0.454 e. The lowest BCUT2D eigenvalue weighted by Crippen LogP contribution is -2.42. The van der Waals surface area contributed by atoms with Gasteiger partial charge in [0.05, 0.1) is 4.90 Å². The normalized spacial score (nSPS) is 21.1. The van der Waals surface area contributed by atoms with E-state index in [2.05, 4.69) is 5.32 Å². The van der Waals surface area contributed by atoms with Crippen LogP contribution in [0.5, 0.6) is 0 Å². The van der Waals surface area contributed by atoms with Crippen molar-refractivity contribution in [1.82, 2.24) is 9.62 Å². The summed E-state index contributed by atoms with van der Waals surface area (Å²) in [6, 6.07) is 5.67. The Morgan fingerprint density at radius 1 is 1.07 bits per heavy atom. The molecule has 7 nitrogen and oxygen atoms in total. The maximum absolute atomic E-state index is 12.9. The monoisotopic (exact) mass is 422 g/mol. The minimum atomic E-state index is -3.78. The molecule has 160 valence electrons. The van der Waals surface area contributed by atoms with Crippen molar-refractivity contribution < 1.29 is 22.7 Å². The predicted octanol–water partition coefficient (Wildman–Crippen LogP) is 2.39. The average Bonchev–Trinajstić information content (AvgIpc) is 3.22. The standard InChI is InChI=1S/C21H30N2O5S/c1-16-9-11-18(12-10-16)29(26,27)23-13-5-8-19(23)21(25)28-15-20(24)22-14-17-6-3-2-4-7-17/h9-12,17,19H,2-8,13-15H2,1H3,(H,22,24). The van der Waals surface area contributed by atoms with Crippen LogP contribution in [0, 0.1) is 12.8 Å². The highest BCUT2D eigenvalue weighted by Gasteiger charge is 2.40. The van der Waals surface area contributed by atoms with Crippen molar-refractivity contribution in [3.8, 4) is 0 Å². The van der Waals surface area contributed by atoms with Crippen molar-refractivity contribution in [3.63, 3.8) is 0 Å². The molecule has 1 saturated carbocycles. The van der Waals surface area contributed by atoms with Crippen molar-refractivity contribution in [3.05, 3.63) is 29.8 Å². The Morgan fingerprint density at radius 2 is 1.76 bits per heavy atom. The fourth-order valence-corrected chi connectivity index (χ4v) is 5.69. The molecule has 8 heteroatoms. The van der Waals surface area contributed by atoms with Gasteiger partial charge in [-0.3, -0.25) is 9.59 Å². The van der Waals surface area contributed by atoms with E-state index in [0.29, 0.717) is 25.3 Å². The van der Waals surface area contributed by atoms with Crippen LogP contribution < -0.4 is 5.32 Å². The summed E-state index contributed by atoms with van der Waals surface area (Å²) in [6.07, 6.45) is 6.87. The van der Waals surface area contributed by atoms with Gasteiger partial charge in [-0.25, -0.2) is 8.42 Å². The van der Waals surface area contributed by atoms with Gasteiger partial charge < -0.3 is 10.1 Å². The molecule has 0 radical (unpaired) electrons. The minimum Gasteiger partial charge on any atom is -0.454 e. The van der Waals surface area contributed by atoms with Gasteiger partial charge in [0.1, 0.15) is 6.04 Å². The summed E-state index contributed by atoms with van der Waals surface area (Å²) in [5, 5.41) is 2.82. The molecule has 1 amide bonds. The summed E-state index contributed by atoms with van der Waals surface area (Å²) in [5.74, 6) is -0.505. The highest BCUT2D eigenvalue weighted by Crippen LogP contribution is 2.27. The SMILES string of the molecule is Cc1ccc(S(=O)(=O)N2CCCC2C(=O)OCC(=O)NCC2CCCCC2)cc1.